The fourth-order valence-electron chi connectivity index (χ4n) is 2.98. The maximum atomic E-state index is 9.14. The smallest absolute Gasteiger partial charge is 0.0656 e. The van der Waals surface area contributed by atoms with Crippen molar-refractivity contribution in [2.75, 3.05) is 0 Å². The molecule has 90 valence electrons. The molecule has 3 unspecified atom stereocenters. The molecular weight excluding hydrogens is 274 g/mol. The summed E-state index contributed by atoms with van der Waals surface area (Å²) in [6, 6.07) is 11.1. The van der Waals surface area contributed by atoms with E-state index < -0.39 is 0 Å². The van der Waals surface area contributed by atoms with Gasteiger partial charge in [0, 0.05) is 10.4 Å². The molecule has 1 fully saturated rings. The van der Waals surface area contributed by atoms with Crippen LogP contribution in [-0.4, -0.2) is 0 Å². The van der Waals surface area contributed by atoms with E-state index >= 15 is 0 Å². The van der Waals surface area contributed by atoms with Gasteiger partial charge in [-0.25, -0.2) is 0 Å². The molecular formula is C15H18BrN. The normalized spacial score (nSPS) is 26.2. The first kappa shape index (κ1) is 12.6. The molecule has 0 saturated heterocycles. The Bertz CT molecular complexity index is 404. The van der Waals surface area contributed by atoms with Crippen LogP contribution in [0.25, 0.3) is 0 Å². The zero-order chi connectivity index (χ0) is 12.3. The molecule has 17 heavy (non-hydrogen) atoms. The highest BCUT2D eigenvalue weighted by molar-refractivity contribution is 9.10. The summed E-state index contributed by atoms with van der Waals surface area (Å²) in [4.78, 5) is 0. The summed E-state index contributed by atoms with van der Waals surface area (Å²) in [6.07, 6.45) is 5.02. The molecule has 0 bridgehead atoms. The Morgan fingerprint density at radius 2 is 1.88 bits per heavy atom. The molecule has 0 radical (unpaired) electrons. The highest BCUT2D eigenvalue weighted by Crippen LogP contribution is 2.41. The van der Waals surface area contributed by atoms with E-state index in [0.29, 0.717) is 11.8 Å². The Balaban J connectivity index is 2.22. The first-order valence-electron chi connectivity index (χ1n) is 6.37. The monoisotopic (exact) mass is 291 g/mol. The average Bonchev–Trinajstić information content (AvgIpc) is 2.39. The number of nitrogens with zero attached hydrogens (tertiary/aromatic N) is 1. The van der Waals surface area contributed by atoms with E-state index in [9.17, 15) is 0 Å². The highest BCUT2D eigenvalue weighted by Gasteiger charge is 2.30. The topological polar surface area (TPSA) is 23.8 Å². The fraction of sp³-hybridized carbons (Fsp3) is 0.533. The molecule has 0 aromatic heterocycles. The number of hydrogen-bond donors (Lipinski definition) is 0. The molecule has 1 aromatic carbocycles. The molecule has 3 atom stereocenters. The summed E-state index contributed by atoms with van der Waals surface area (Å²) >= 11 is 3.47. The summed E-state index contributed by atoms with van der Waals surface area (Å²) in [5.41, 5.74) is 1.40. The molecule has 0 spiro atoms. The molecule has 2 rings (SSSR count). The van der Waals surface area contributed by atoms with E-state index in [1.54, 1.807) is 0 Å². The van der Waals surface area contributed by atoms with Gasteiger partial charge in [0.05, 0.1) is 6.07 Å². The van der Waals surface area contributed by atoms with Gasteiger partial charge >= 0.3 is 0 Å². The predicted octanol–water partition coefficient (Wildman–Crippen LogP) is 4.88. The zero-order valence-electron chi connectivity index (χ0n) is 10.2. The van der Waals surface area contributed by atoms with Crippen LogP contribution in [0.1, 0.15) is 44.1 Å². The maximum Gasteiger partial charge on any atom is 0.0656 e. The van der Waals surface area contributed by atoms with Crippen molar-refractivity contribution in [1.29, 1.82) is 5.26 Å². The minimum absolute atomic E-state index is 0.170. The van der Waals surface area contributed by atoms with Crippen molar-refractivity contribution >= 4 is 15.9 Å². The minimum atomic E-state index is 0.170. The van der Waals surface area contributed by atoms with Gasteiger partial charge in [0.15, 0.2) is 0 Å². The van der Waals surface area contributed by atoms with Crippen molar-refractivity contribution in [3.05, 3.63) is 34.3 Å². The van der Waals surface area contributed by atoms with Crippen molar-refractivity contribution < 1.29 is 0 Å². The fourth-order valence-corrected chi connectivity index (χ4v) is 3.24. The second kappa shape index (κ2) is 5.69. The molecule has 1 nitrogen and oxygen atoms in total. The molecule has 1 aromatic rings. The van der Waals surface area contributed by atoms with Crippen LogP contribution < -0.4 is 0 Å². The van der Waals surface area contributed by atoms with Crippen LogP contribution in [0, 0.1) is 23.2 Å². The van der Waals surface area contributed by atoms with Crippen LogP contribution in [0.15, 0.2) is 28.7 Å². The van der Waals surface area contributed by atoms with Gasteiger partial charge in [0.2, 0.25) is 0 Å². The Hall–Kier alpha value is -0.810. The van der Waals surface area contributed by atoms with E-state index in [4.69, 9.17) is 5.26 Å². The lowest BCUT2D eigenvalue weighted by Crippen LogP contribution is -2.23. The van der Waals surface area contributed by atoms with Crippen LogP contribution in [0.3, 0.4) is 0 Å². The molecule has 0 amide bonds. The van der Waals surface area contributed by atoms with E-state index in [1.807, 2.05) is 0 Å². The second-order valence-electron chi connectivity index (χ2n) is 5.02. The first-order valence-corrected chi connectivity index (χ1v) is 7.16. The molecule has 2 heteroatoms. The molecule has 1 aliphatic rings. The number of benzene rings is 1. The summed E-state index contributed by atoms with van der Waals surface area (Å²) in [7, 11) is 0. The van der Waals surface area contributed by atoms with E-state index in [1.165, 1.54) is 31.2 Å². The molecule has 1 aliphatic carbocycles. The number of nitriles is 1. The van der Waals surface area contributed by atoms with Crippen molar-refractivity contribution in [2.24, 2.45) is 11.8 Å². The van der Waals surface area contributed by atoms with Gasteiger partial charge in [-0.1, -0.05) is 40.9 Å². The lowest BCUT2D eigenvalue weighted by atomic mass is 9.70. The van der Waals surface area contributed by atoms with Gasteiger partial charge in [0.25, 0.3) is 0 Å². The van der Waals surface area contributed by atoms with Gasteiger partial charge in [-0.15, -0.1) is 0 Å². The number of hydrogen-bond acceptors (Lipinski definition) is 1. The lowest BCUT2D eigenvalue weighted by molar-refractivity contribution is 0.260. The van der Waals surface area contributed by atoms with E-state index in [2.05, 4.69) is 53.2 Å². The largest absolute Gasteiger partial charge is 0.198 e. The highest BCUT2D eigenvalue weighted by atomic mass is 79.9. The standard InChI is InChI=1S/C15H18BrN/c1-11(10-17)14-4-2-3-5-15(14)12-6-8-13(16)9-7-12/h6-9,11,14-15H,2-5H2,1H3. The van der Waals surface area contributed by atoms with E-state index in [-0.39, 0.29) is 5.92 Å². The Morgan fingerprint density at radius 3 is 2.53 bits per heavy atom. The number of halogens is 1. The van der Waals surface area contributed by atoms with Gasteiger partial charge in [-0.05, 0) is 49.3 Å². The van der Waals surface area contributed by atoms with Crippen LogP contribution in [0.5, 0.6) is 0 Å². The van der Waals surface area contributed by atoms with Crippen LogP contribution >= 0.6 is 15.9 Å². The summed E-state index contributed by atoms with van der Waals surface area (Å²) < 4.78 is 1.13. The average molecular weight is 292 g/mol. The third-order valence-electron chi connectivity index (χ3n) is 3.96. The van der Waals surface area contributed by atoms with Gasteiger partial charge in [-0.2, -0.15) is 5.26 Å². The molecule has 0 aliphatic heterocycles. The summed E-state index contributed by atoms with van der Waals surface area (Å²) in [5, 5.41) is 9.14. The lowest BCUT2D eigenvalue weighted by Gasteiger charge is -2.33. The quantitative estimate of drug-likeness (QED) is 0.762. The summed E-state index contributed by atoms with van der Waals surface area (Å²) in [6.45, 7) is 2.07. The van der Waals surface area contributed by atoms with Crippen molar-refractivity contribution in [3.63, 3.8) is 0 Å². The van der Waals surface area contributed by atoms with Crippen LogP contribution in [0.2, 0.25) is 0 Å². The molecule has 0 heterocycles. The Labute approximate surface area is 112 Å². The SMILES string of the molecule is CC(C#N)C1CCCCC1c1ccc(Br)cc1. The van der Waals surface area contributed by atoms with Crippen molar-refractivity contribution in [1.82, 2.24) is 0 Å². The first-order chi connectivity index (χ1) is 8.22. The zero-order valence-corrected chi connectivity index (χ0v) is 11.8. The van der Waals surface area contributed by atoms with Crippen LogP contribution in [-0.2, 0) is 0 Å². The van der Waals surface area contributed by atoms with Gasteiger partial charge in [-0.3, -0.25) is 0 Å². The van der Waals surface area contributed by atoms with E-state index in [0.717, 1.165) is 4.47 Å². The van der Waals surface area contributed by atoms with Gasteiger partial charge in [0.1, 0.15) is 0 Å². The maximum absolute atomic E-state index is 9.14. The third kappa shape index (κ3) is 2.90. The Morgan fingerprint density at radius 1 is 1.24 bits per heavy atom. The van der Waals surface area contributed by atoms with Crippen LogP contribution in [0.4, 0.5) is 0 Å². The van der Waals surface area contributed by atoms with Gasteiger partial charge < -0.3 is 0 Å². The predicted molar refractivity (Wildman–Crippen MR) is 73.6 cm³/mol. The van der Waals surface area contributed by atoms with Crippen molar-refractivity contribution in [2.45, 2.75) is 38.5 Å². The third-order valence-corrected chi connectivity index (χ3v) is 4.49. The number of rotatable bonds is 2. The second-order valence-corrected chi connectivity index (χ2v) is 5.94. The molecule has 1 saturated carbocycles. The molecule has 0 N–H and O–H groups in total. The Kier molecular flexibility index (Phi) is 4.23. The minimum Gasteiger partial charge on any atom is -0.198 e. The van der Waals surface area contributed by atoms with Crippen molar-refractivity contribution in [3.8, 4) is 6.07 Å². The summed E-state index contributed by atoms with van der Waals surface area (Å²) in [5.74, 6) is 1.28.